The van der Waals surface area contributed by atoms with E-state index in [0.717, 1.165) is 47.8 Å². The Morgan fingerprint density at radius 1 is 1.12 bits per heavy atom. The first-order valence-corrected chi connectivity index (χ1v) is 9.63. The highest BCUT2D eigenvalue weighted by molar-refractivity contribution is 7.17. The fraction of sp³-hybridized carbons (Fsp3) is 0.333. The molecule has 4 heterocycles. The van der Waals surface area contributed by atoms with Crippen LogP contribution in [0.2, 0.25) is 5.02 Å². The van der Waals surface area contributed by atoms with Crippen LogP contribution in [0.5, 0.6) is 5.75 Å². The normalized spacial score (nSPS) is 21.3. The molecule has 0 radical (unpaired) electrons. The summed E-state index contributed by atoms with van der Waals surface area (Å²) in [7, 11) is 0. The molecule has 2 aliphatic rings. The molecule has 0 amide bonds. The fourth-order valence-electron chi connectivity index (χ4n) is 3.02. The Labute approximate surface area is 159 Å². The van der Waals surface area contributed by atoms with E-state index in [1.807, 2.05) is 11.4 Å². The Balaban J connectivity index is 0.000000174. The van der Waals surface area contributed by atoms with Crippen LogP contribution in [0.1, 0.15) is 12.8 Å². The lowest BCUT2D eigenvalue weighted by Crippen LogP contribution is -2.13. The number of nitrogens with one attached hydrogen (secondary N) is 1. The van der Waals surface area contributed by atoms with Gasteiger partial charge in [-0.1, -0.05) is 11.6 Å². The molecule has 2 saturated heterocycles. The molecule has 5 rings (SSSR count). The number of halogens is 1. The van der Waals surface area contributed by atoms with E-state index in [9.17, 15) is 5.11 Å². The van der Waals surface area contributed by atoms with Crippen LogP contribution in [-0.4, -0.2) is 40.5 Å². The highest BCUT2D eigenvalue weighted by atomic mass is 35.5. The molecule has 0 bridgehead atoms. The molecule has 26 heavy (non-hydrogen) atoms. The first-order chi connectivity index (χ1) is 12.7. The number of phenols is 1. The van der Waals surface area contributed by atoms with Crippen molar-refractivity contribution in [2.75, 3.05) is 18.5 Å². The molecule has 0 spiro atoms. The lowest BCUT2D eigenvalue weighted by atomic mass is 10.2. The molecular weight excluding hydrogens is 374 g/mol. The van der Waals surface area contributed by atoms with E-state index in [-0.39, 0.29) is 5.75 Å². The number of hydrogen-bond acceptors (Lipinski definition) is 7. The molecule has 8 heteroatoms. The summed E-state index contributed by atoms with van der Waals surface area (Å²) in [4.78, 5) is 8.38. The smallest absolute Gasteiger partial charge is 0.151 e. The molecule has 3 aromatic rings. The maximum Gasteiger partial charge on any atom is 0.151 e. The van der Waals surface area contributed by atoms with Crippen LogP contribution < -0.4 is 5.32 Å². The number of aromatic nitrogens is 2. The number of nitrogens with zero attached hydrogens (tertiary/aromatic N) is 2. The second-order valence-electron chi connectivity index (χ2n) is 6.04. The molecule has 2 aliphatic heterocycles. The second-order valence-corrected chi connectivity index (χ2v) is 7.37. The van der Waals surface area contributed by atoms with Crippen molar-refractivity contribution in [2.24, 2.45) is 0 Å². The molecule has 2 aromatic heterocycles. The quantitative estimate of drug-likeness (QED) is 0.632. The van der Waals surface area contributed by atoms with Crippen LogP contribution in [0.3, 0.4) is 0 Å². The third-order valence-electron chi connectivity index (χ3n) is 4.34. The summed E-state index contributed by atoms with van der Waals surface area (Å²) in [6.07, 6.45) is 4.65. The summed E-state index contributed by atoms with van der Waals surface area (Å²) in [5.41, 5.74) is 1.67. The summed E-state index contributed by atoms with van der Waals surface area (Å²) >= 11 is 7.43. The minimum atomic E-state index is 0.0613. The average Bonchev–Trinajstić information content (AvgIpc) is 3.35. The molecule has 1 aromatic carbocycles. The number of phenolic OH excluding ortho intramolecular Hbond substituents is 1. The van der Waals surface area contributed by atoms with Crippen LogP contribution in [0.25, 0.3) is 10.2 Å². The number of hydrogen-bond donors (Lipinski definition) is 2. The van der Waals surface area contributed by atoms with Crippen molar-refractivity contribution in [3.8, 4) is 5.75 Å². The number of rotatable bonds is 2. The lowest BCUT2D eigenvalue weighted by molar-refractivity contribution is 0.0732. The zero-order chi connectivity index (χ0) is 17.9. The SMILES string of the molecule is C1C[C@H]2OCC[C@H]2O1.Oc1ccc(Nc2ncnc3ccsc23)cc1Cl. The lowest BCUT2D eigenvalue weighted by Gasteiger charge is -2.07. The minimum Gasteiger partial charge on any atom is -0.506 e. The first kappa shape index (κ1) is 17.5. The molecule has 0 aliphatic carbocycles. The predicted octanol–water partition coefficient (Wildman–Crippen LogP) is 4.36. The Morgan fingerprint density at radius 3 is 2.62 bits per heavy atom. The van der Waals surface area contributed by atoms with Gasteiger partial charge in [0.25, 0.3) is 0 Å². The molecule has 0 saturated carbocycles. The van der Waals surface area contributed by atoms with E-state index in [0.29, 0.717) is 17.2 Å². The van der Waals surface area contributed by atoms with Crippen molar-refractivity contribution >= 4 is 44.7 Å². The maximum atomic E-state index is 9.37. The molecule has 2 N–H and O–H groups in total. The number of aromatic hydroxyl groups is 1. The molecule has 2 atom stereocenters. The number of anilines is 2. The van der Waals surface area contributed by atoms with Crippen molar-refractivity contribution in [2.45, 2.75) is 25.0 Å². The van der Waals surface area contributed by atoms with Gasteiger partial charge >= 0.3 is 0 Å². The first-order valence-electron chi connectivity index (χ1n) is 8.37. The second kappa shape index (κ2) is 7.75. The third-order valence-corrected chi connectivity index (χ3v) is 5.55. The summed E-state index contributed by atoms with van der Waals surface area (Å²) in [5.74, 6) is 0.794. The largest absolute Gasteiger partial charge is 0.506 e. The van der Waals surface area contributed by atoms with Gasteiger partial charge in [-0.2, -0.15) is 0 Å². The zero-order valence-corrected chi connectivity index (χ0v) is 15.5. The molecular formula is C18H18ClN3O3S. The Kier molecular flexibility index (Phi) is 5.21. The number of thiophene rings is 1. The van der Waals surface area contributed by atoms with Crippen LogP contribution >= 0.6 is 22.9 Å². The van der Waals surface area contributed by atoms with E-state index in [1.165, 1.54) is 12.4 Å². The van der Waals surface area contributed by atoms with E-state index in [2.05, 4.69) is 15.3 Å². The van der Waals surface area contributed by atoms with Gasteiger partial charge in [-0.25, -0.2) is 9.97 Å². The van der Waals surface area contributed by atoms with Crippen molar-refractivity contribution in [1.82, 2.24) is 9.97 Å². The van der Waals surface area contributed by atoms with Gasteiger partial charge in [-0.15, -0.1) is 11.3 Å². The summed E-state index contributed by atoms with van der Waals surface area (Å²) in [6, 6.07) is 6.87. The van der Waals surface area contributed by atoms with Crippen molar-refractivity contribution in [3.63, 3.8) is 0 Å². The third kappa shape index (κ3) is 3.76. The average molecular weight is 392 g/mol. The summed E-state index contributed by atoms with van der Waals surface area (Å²) < 4.78 is 11.7. The van der Waals surface area contributed by atoms with Crippen LogP contribution in [0, 0.1) is 0 Å². The van der Waals surface area contributed by atoms with E-state index in [1.54, 1.807) is 23.5 Å². The van der Waals surface area contributed by atoms with Gasteiger partial charge in [-0.05, 0) is 42.5 Å². The van der Waals surface area contributed by atoms with Gasteiger partial charge in [-0.3, -0.25) is 0 Å². The Bertz CT molecular complexity index is 884. The standard InChI is InChI=1S/C12H8ClN3OS.C6H10O2/c13-8-5-7(1-2-10(8)17)16-12-11-9(3-4-18-11)14-6-15-12;1-3-7-6-2-4-8-5(1)6/h1-6,17H,(H,14,15,16);5-6H,1-4H2/t;5-,6-/m.1/s1. The Morgan fingerprint density at radius 2 is 1.88 bits per heavy atom. The summed E-state index contributed by atoms with van der Waals surface area (Å²) in [6.45, 7) is 1.82. The van der Waals surface area contributed by atoms with Gasteiger partial charge in [0.1, 0.15) is 12.1 Å². The summed E-state index contributed by atoms with van der Waals surface area (Å²) in [5, 5.41) is 14.8. The molecule has 2 fully saturated rings. The van der Waals surface area contributed by atoms with Crippen molar-refractivity contribution in [3.05, 3.63) is 41.0 Å². The van der Waals surface area contributed by atoms with Crippen molar-refractivity contribution in [1.29, 1.82) is 0 Å². The minimum absolute atomic E-state index is 0.0613. The van der Waals surface area contributed by atoms with Gasteiger partial charge in [0.05, 0.1) is 27.4 Å². The van der Waals surface area contributed by atoms with Crippen LogP contribution in [0.15, 0.2) is 36.0 Å². The van der Waals surface area contributed by atoms with E-state index >= 15 is 0 Å². The highest BCUT2D eigenvalue weighted by Crippen LogP contribution is 2.31. The van der Waals surface area contributed by atoms with Gasteiger partial charge in [0.2, 0.25) is 0 Å². The van der Waals surface area contributed by atoms with Crippen LogP contribution in [0.4, 0.5) is 11.5 Å². The van der Waals surface area contributed by atoms with Gasteiger partial charge in [0, 0.05) is 18.9 Å². The molecule has 6 nitrogen and oxygen atoms in total. The predicted molar refractivity (Wildman–Crippen MR) is 103 cm³/mol. The fourth-order valence-corrected chi connectivity index (χ4v) is 3.99. The van der Waals surface area contributed by atoms with Crippen molar-refractivity contribution < 1.29 is 14.6 Å². The molecule has 0 unspecified atom stereocenters. The highest BCUT2D eigenvalue weighted by Gasteiger charge is 2.33. The zero-order valence-electron chi connectivity index (χ0n) is 13.9. The van der Waals surface area contributed by atoms with E-state index < -0.39 is 0 Å². The van der Waals surface area contributed by atoms with Gasteiger partial charge < -0.3 is 19.9 Å². The molecule has 136 valence electrons. The number of benzene rings is 1. The number of ether oxygens (including phenoxy) is 2. The van der Waals surface area contributed by atoms with Crippen LogP contribution in [-0.2, 0) is 9.47 Å². The topological polar surface area (TPSA) is 76.5 Å². The monoisotopic (exact) mass is 391 g/mol. The Hall–Kier alpha value is -1.93. The maximum absolute atomic E-state index is 9.37. The van der Waals surface area contributed by atoms with E-state index in [4.69, 9.17) is 21.1 Å². The van der Waals surface area contributed by atoms with Gasteiger partial charge in [0.15, 0.2) is 5.82 Å². The number of fused-ring (bicyclic) bond motifs is 2.